The fourth-order valence-electron chi connectivity index (χ4n) is 1.29. The molecule has 0 radical (unpaired) electrons. The molecule has 0 heterocycles. The molecular formula is C12H17NO5S. The highest BCUT2D eigenvalue weighted by molar-refractivity contribution is 8.00. The summed E-state index contributed by atoms with van der Waals surface area (Å²) in [6, 6.07) is 0. The van der Waals surface area contributed by atoms with E-state index in [9.17, 15) is 14.9 Å². The summed E-state index contributed by atoms with van der Waals surface area (Å²) in [5.74, 6) is 0.306. The second-order valence-corrected chi connectivity index (χ2v) is 4.24. The second-order valence-electron chi connectivity index (χ2n) is 3.25. The van der Waals surface area contributed by atoms with E-state index in [1.807, 2.05) is 0 Å². The van der Waals surface area contributed by atoms with Crippen LogP contribution >= 0.6 is 11.8 Å². The van der Waals surface area contributed by atoms with Gasteiger partial charge in [0.25, 0.3) is 5.70 Å². The van der Waals surface area contributed by atoms with Crippen LogP contribution in [-0.2, 0) is 14.3 Å². The molecule has 0 N–H and O–H groups in total. The molecule has 0 aromatic heterocycles. The van der Waals surface area contributed by atoms with Gasteiger partial charge in [-0.15, -0.1) is 11.8 Å². The van der Waals surface area contributed by atoms with Gasteiger partial charge in [-0.05, 0) is 19.1 Å². The van der Waals surface area contributed by atoms with Crippen LogP contribution in [0.3, 0.4) is 0 Å². The monoisotopic (exact) mass is 287 g/mol. The average Bonchev–Trinajstić information content (AvgIpc) is 2.39. The Labute approximate surface area is 116 Å². The van der Waals surface area contributed by atoms with E-state index in [0.717, 1.165) is 0 Å². The Morgan fingerprint density at radius 2 is 2.00 bits per heavy atom. The highest BCUT2D eigenvalue weighted by Gasteiger charge is 2.21. The number of hydrogen-bond acceptors (Lipinski definition) is 6. The van der Waals surface area contributed by atoms with Gasteiger partial charge in [0.15, 0.2) is 0 Å². The highest BCUT2D eigenvalue weighted by Crippen LogP contribution is 2.22. The zero-order chi connectivity index (χ0) is 14.8. The lowest BCUT2D eigenvalue weighted by Gasteiger charge is -2.09. The molecule has 0 amide bonds. The molecule has 0 atom stereocenters. The standard InChI is InChI=1S/C12H17NO5S/c1-5-10(13(15)16)9(11(6-2)17-3)7-19-8-12(14)18-4/h5-6H,2,7-8H2,1,3-4H3/b10-5+,11-9+. The number of carbonyl (C=O) groups is 1. The fraction of sp³-hybridized carbons (Fsp3) is 0.417. The number of methoxy groups -OCH3 is 2. The molecule has 0 saturated heterocycles. The van der Waals surface area contributed by atoms with Crippen LogP contribution in [0.25, 0.3) is 0 Å². The molecule has 0 aromatic rings. The van der Waals surface area contributed by atoms with Crippen LogP contribution < -0.4 is 0 Å². The number of hydrogen-bond donors (Lipinski definition) is 0. The topological polar surface area (TPSA) is 78.7 Å². The van der Waals surface area contributed by atoms with E-state index in [-0.39, 0.29) is 23.2 Å². The number of thioether (sulfide) groups is 1. The van der Waals surface area contributed by atoms with Gasteiger partial charge in [0.2, 0.25) is 0 Å². The predicted octanol–water partition coefficient (Wildman–Crippen LogP) is 2.16. The molecule has 0 fully saturated rings. The molecular weight excluding hydrogens is 270 g/mol. The number of ether oxygens (including phenoxy) is 2. The molecule has 0 aromatic carbocycles. The largest absolute Gasteiger partial charge is 0.496 e. The summed E-state index contributed by atoms with van der Waals surface area (Å²) >= 11 is 1.21. The number of allylic oxidation sites excluding steroid dienone is 3. The normalized spacial score (nSPS) is 12.5. The number of nitrogens with zero attached hydrogens (tertiary/aromatic N) is 1. The van der Waals surface area contributed by atoms with E-state index in [1.165, 1.54) is 38.1 Å². The first kappa shape index (κ1) is 17.2. The molecule has 0 aliphatic rings. The number of carbonyl (C=O) groups excluding carboxylic acids is 1. The van der Waals surface area contributed by atoms with Gasteiger partial charge in [-0.25, -0.2) is 0 Å². The smallest absolute Gasteiger partial charge is 0.315 e. The number of nitro groups is 1. The lowest BCUT2D eigenvalue weighted by molar-refractivity contribution is -0.421. The van der Waals surface area contributed by atoms with Crippen LogP contribution in [0.1, 0.15) is 6.92 Å². The first-order valence-electron chi connectivity index (χ1n) is 5.37. The molecule has 6 nitrogen and oxygen atoms in total. The van der Waals surface area contributed by atoms with Gasteiger partial charge in [0, 0.05) is 5.75 Å². The van der Waals surface area contributed by atoms with Crippen LogP contribution in [0.2, 0.25) is 0 Å². The van der Waals surface area contributed by atoms with E-state index in [2.05, 4.69) is 11.3 Å². The lowest BCUT2D eigenvalue weighted by atomic mass is 10.2. The Hall–Kier alpha value is -1.76. The molecule has 0 spiro atoms. The molecule has 0 bridgehead atoms. The number of esters is 1. The minimum atomic E-state index is -0.490. The third kappa shape index (κ3) is 5.60. The van der Waals surface area contributed by atoms with Crippen LogP contribution in [0, 0.1) is 10.1 Å². The Bertz CT molecular complexity index is 414. The summed E-state index contributed by atoms with van der Waals surface area (Å²) in [4.78, 5) is 21.5. The fourth-order valence-corrected chi connectivity index (χ4v) is 2.17. The van der Waals surface area contributed by atoms with Crippen molar-refractivity contribution < 1.29 is 19.2 Å². The van der Waals surface area contributed by atoms with Crippen LogP contribution in [0.4, 0.5) is 0 Å². The van der Waals surface area contributed by atoms with Crippen molar-refractivity contribution >= 4 is 17.7 Å². The van der Waals surface area contributed by atoms with Crippen LogP contribution in [0.15, 0.2) is 35.8 Å². The van der Waals surface area contributed by atoms with Gasteiger partial charge in [0.1, 0.15) is 5.76 Å². The van der Waals surface area contributed by atoms with Gasteiger partial charge in [-0.1, -0.05) is 6.58 Å². The zero-order valence-corrected chi connectivity index (χ0v) is 12.0. The van der Waals surface area contributed by atoms with Gasteiger partial charge < -0.3 is 9.47 Å². The summed E-state index contributed by atoms with van der Waals surface area (Å²) in [5.41, 5.74) is 0.327. The second kappa shape index (κ2) is 9.21. The Morgan fingerprint density at radius 3 is 2.37 bits per heavy atom. The first-order chi connectivity index (χ1) is 9.01. The van der Waals surface area contributed by atoms with Crippen LogP contribution in [-0.4, -0.2) is 36.6 Å². The van der Waals surface area contributed by atoms with Crippen molar-refractivity contribution in [1.29, 1.82) is 0 Å². The first-order valence-corrected chi connectivity index (χ1v) is 6.52. The maximum atomic E-state index is 11.0. The average molecular weight is 287 g/mol. The van der Waals surface area contributed by atoms with E-state index < -0.39 is 4.92 Å². The van der Waals surface area contributed by atoms with E-state index in [0.29, 0.717) is 11.3 Å². The molecule has 0 saturated carbocycles. The molecule has 0 aliphatic heterocycles. The van der Waals surface area contributed by atoms with Crippen molar-refractivity contribution in [2.45, 2.75) is 6.92 Å². The molecule has 0 aliphatic carbocycles. The van der Waals surface area contributed by atoms with Crippen molar-refractivity contribution in [3.63, 3.8) is 0 Å². The van der Waals surface area contributed by atoms with Crippen molar-refractivity contribution in [2.75, 3.05) is 25.7 Å². The highest BCUT2D eigenvalue weighted by atomic mass is 32.2. The molecule has 19 heavy (non-hydrogen) atoms. The Morgan fingerprint density at radius 1 is 1.37 bits per heavy atom. The summed E-state index contributed by atoms with van der Waals surface area (Å²) < 4.78 is 9.57. The third-order valence-corrected chi connectivity index (χ3v) is 3.11. The maximum absolute atomic E-state index is 11.0. The zero-order valence-electron chi connectivity index (χ0n) is 11.2. The van der Waals surface area contributed by atoms with E-state index in [1.54, 1.807) is 6.92 Å². The SMILES string of the molecule is C=C/C(OC)=C(CSCC(=O)OC)\C(=C/C)[N+](=O)[O-]. The number of rotatable bonds is 8. The Kier molecular flexibility index (Phi) is 8.35. The Balaban J connectivity index is 5.10. The van der Waals surface area contributed by atoms with Crippen molar-refractivity contribution in [2.24, 2.45) is 0 Å². The minimum absolute atomic E-state index is 0.0610. The quantitative estimate of drug-likeness (QED) is 0.224. The molecule has 7 heteroatoms. The minimum Gasteiger partial charge on any atom is -0.496 e. The maximum Gasteiger partial charge on any atom is 0.315 e. The summed E-state index contributed by atoms with van der Waals surface area (Å²) in [5, 5.41) is 11.0. The van der Waals surface area contributed by atoms with E-state index >= 15 is 0 Å². The van der Waals surface area contributed by atoms with Crippen molar-refractivity contribution in [3.8, 4) is 0 Å². The lowest BCUT2D eigenvalue weighted by Crippen LogP contribution is -2.10. The molecule has 106 valence electrons. The summed E-state index contributed by atoms with van der Waals surface area (Å²) in [7, 11) is 2.70. The van der Waals surface area contributed by atoms with Crippen LogP contribution in [0.5, 0.6) is 0 Å². The molecule has 0 rings (SSSR count). The summed E-state index contributed by atoms with van der Waals surface area (Å²) in [6.07, 6.45) is 2.79. The van der Waals surface area contributed by atoms with Gasteiger partial charge in [0.05, 0.1) is 30.5 Å². The van der Waals surface area contributed by atoms with Crippen molar-refractivity contribution in [1.82, 2.24) is 0 Å². The van der Waals surface area contributed by atoms with Gasteiger partial charge in [-0.2, -0.15) is 0 Å². The summed E-state index contributed by atoms with van der Waals surface area (Å²) in [6.45, 7) is 5.12. The van der Waals surface area contributed by atoms with Gasteiger partial charge >= 0.3 is 5.97 Å². The van der Waals surface area contributed by atoms with Gasteiger partial charge in [-0.3, -0.25) is 14.9 Å². The van der Waals surface area contributed by atoms with E-state index in [4.69, 9.17) is 4.74 Å². The third-order valence-electron chi connectivity index (χ3n) is 2.18. The molecule has 0 unspecified atom stereocenters. The predicted molar refractivity (Wildman–Crippen MR) is 74.3 cm³/mol. The van der Waals surface area contributed by atoms with Crippen molar-refractivity contribution in [3.05, 3.63) is 45.9 Å².